The standard InChI is InChI=1S/C26H23N3O4/c1-17-6-8-18(9-7-17)19-10-12-20(13-11-19)24(30)16-21(26(32)33)14-15-29-25(31)22-4-2-3-5-23(22)27-28-29/h2-13,21H,14-16H2,1H3,(H,32,33)/t21-/m1/s1. The molecule has 7 heteroatoms. The van der Waals surface area contributed by atoms with Gasteiger partial charge >= 0.3 is 5.97 Å². The zero-order chi connectivity index (χ0) is 23.4. The number of aliphatic carboxylic acids is 1. The first-order valence-electron chi connectivity index (χ1n) is 10.7. The maximum atomic E-state index is 12.7. The van der Waals surface area contributed by atoms with E-state index in [1.54, 1.807) is 36.4 Å². The molecule has 0 bridgehead atoms. The van der Waals surface area contributed by atoms with Crippen molar-refractivity contribution in [3.05, 3.63) is 94.3 Å². The Labute approximate surface area is 190 Å². The Bertz CT molecular complexity index is 1360. The lowest BCUT2D eigenvalue weighted by molar-refractivity contribution is -0.142. The SMILES string of the molecule is Cc1ccc(-c2ccc(C(=O)C[C@@H](CCn3nnc4ccccc4c3=O)C(=O)O)cc2)cc1. The molecule has 0 saturated heterocycles. The smallest absolute Gasteiger partial charge is 0.307 e. The van der Waals surface area contributed by atoms with Gasteiger partial charge in [0.2, 0.25) is 0 Å². The number of carboxylic acid groups (broad SMARTS) is 1. The van der Waals surface area contributed by atoms with Crippen LogP contribution in [0.5, 0.6) is 0 Å². The third-order valence-corrected chi connectivity index (χ3v) is 5.69. The van der Waals surface area contributed by atoms with Crippen molar-refractivity contribution in [2.45, 2.75) is 26.3 Å². The van der Waals surface area contributed by atoms with Gasteiger partial charge in [-0.2, -0.15) is 0 Å². The Morgan fingerprint density at radius 3 is 2.24 bits per heavy atom. The molecule has 0 aliphatic heterocycles. The lowest BCUT2D eigenvalue weighted by atomic mass is 9.94. The summed E-state index contributed by atoms with van der Waals surface area (Å²) < 4.78 is 1.15. The van der Waals surface area contributed by atoms with Gasteiger partial charge in [0.05, 0.1) is 11.3 Å². The van der Waals surface area contributed by atoms with Crippen molar-refractivity contribution < 1.29 is 14.7 Å². The number of aromatic nitrogens is 3. The minimum absolute atomic E-state index is 0.0628. The highest BCUT2D eigenvalue weighted by Crippen LogP contribution is 2.22. The lowest BCUT2D eigenvalue weighted by Gasteiger charge is -2.12. The Hall–Kier alpha value is -4.13. The second kappa shape index (κ2) is 9.56. The summed E-state index contributed by atoms with van der Waals surface area (Å²) in [6, 6.07) is 22.1. The van der Waals surface area contributed by atoms with Crippen LogP contribution in [-0.2, 0) is 11.3 Å². The van der Waals surface area contributed by atoms with E-state index in [9.17, 15) is 19.5 Å². The molecule has 0 aliphatic rings. The van der Waals surface area contributed by atoms with Crippen molar-refractivity contribution in [2.24, 2.45) is 5.92 Å². The van der Waals surface area contributed by atoms with E-state index in [1.807, 2.05) is 43.3 Å². The van der Waals surface area contributed by atoms with Gasteiger partial charge in [0.25, 0.3) is 5.56 Å². The molecule has 7 nitrogen and oxygen atoms in total. The number of ketones is 1. The number of benzene rings is 3. The summed E-state index contributed by atoms with van der Waals surface area (Å²) in [5.74, 6) is -2.27. The van der Waals surface area contributed by atoms with E-state index in [-0.39, 0.29) is 30.7 Å². The van der Waals surface area contributed by atoms with Crippen LogP contribution in [0.15, 0.2) is 77.6 Å². The summed E-state index contributed by atoms with van der Waals surface area (Å²) in [6.07, 6.45) is -0.0651. The summed E-state index contributed by atoms with van der Waals surface area (Å²) in [7, 11) is 0. The van der Waals surface area contributed by atoms with Crippen LogP contribution in [0.1, 0.15) is 28.8 Å². The molecule has 1 aromatic heterocycles. The van der Waals surface area contributed by atoms with E-state index in [2.05, 4.69) is 10.3 Å². The summed E-state index contributed by atoms with van der Waals surface area (Å²) in [5, 5.41) is 18.0. The average Bonchev–Trinajstić information content (AvgIpc) is 2.83. The number of aryl methyl sites for hydroxylation is 2. The largest absolute Gasteiger partial charge is 0.481 e. The predicted octanol–water partition coefficient (Wildman–Crippen LogP) is 4.13. The summed E-state index contributed by atoms with van der Waals surface area (Å²) in [4.78, 5) is 37.1. The van der Waals surface area contributed by atoms with Gasteiger partial charge in [-0.3, -0.25) is 14.4 Å². The predicted molar refractivity (Wildman–Crippen MR) is 125 cm³/mol. The number of rotatable bonds is 8. The second-order valence-electron chi connectivity index (χ2n) is 8.03. The number of hydrogen-bond donors (Lipinski definition) is 1. The summed E-state index contributed by atoms with van der Waals surface area (Å²) in [5.41, 5.74) is 3.81. The van der Waals surface area contributed by atoms with Gasteiger partial charge < -0.3 is 5.11 Å². The van der Waals surface area contributed by atoms with E-state index in [0.29, 0.717) is 16.5 Å². The first kappa shape index (κ1) is 22.1. The number of nitrogens with zero attached hydrogens (tertiary/aromatic N) is 3. The maximum Gasteiger partial charge on any atom is 0.307 e. The Kier molecular flexibility index (Phi) is 6.40. The molecule has 166 valence electrons. The fraction of sp³-hybridized carbons (Fsp3) is 0.192. The molecular formula is C26H23N3O4. The molecule has 33 heavy (non-hydrogen) atoms. The van der Waals surface area contributed by atoms with Crippen molar-refractivity contribution in [1.82, 2.24) is 15.0 Å². The van der Waals surface area contributed by atoms with E-state index >= 15 is 0 Å². The minimum atomic E-state index is -1.08. The van der Waals surface area contributed by atoms with Crippen molar-refractivity contribution in [1.29, 1.82) is 0 Å². The molecular weight excluding hydrogens is 418 g/mol. The van der Waals surface area contributed by atoms with Crippen molar-refractivity contribution in [3.8, 4) is 11.1 Å². The molecule has 0 amide bonds. The highest BCUT2D eigenvalue weighted by Gasteiger charge is 2.22. The third kappa shape index (κ3) is 5.03. The zero-order valence-corrected chi connectivity index (χ0v) is 18.1. The quantitative estimate of drug-likeness (QED) is 0.413. The molecule has 0 radical (unpaired) electrons. The molecule has 0 spiro atoms. The number of fused-ring (bicyclic) bond motifs is 1. The highest BCUT2D eigenvalue weighted by molar-refractivity contribution is 5.98. The minimum Gasteiger partial charge on any atom is -0.481 e. The molecule has 0 fully saturated rings. The molecule has 1 heterocycles. The van der Waals surface area contributed by atoms with Gasteiger partial charge in [-0.1, -0.05) is 71.4 Å². The van der Waals surface area contributed by atoms with Crippen LogP contribution in [0, 0.1) is 12.8 Å². The monoisotopic (exact) mass is 441 g/mol. The molecule has 3 aromatic carbocycles. The summed E-state index contributed by atoms with van der Waals surface area (Å²) >= 11 is 0. The Morgan fingerprint density at radius 2 is 1.58 bits per heavy atom. The molecule has 0 saturated carbocycles. The first-order chi connectivity index (χ1) is 15.9. The molecule has 4 rings (SSSR count). The van der Waals surface area contributed by atoms with Gasteiger partial charge in [-0.15, -0.1) is 5.10 Å². The van der Waals surface area contributed by atoms with Crippen LogP contribution in [-0.4, -0.2) is 31.9 Å². The maximum absolute atomic E-state index is 12.7. The normalized spacial score (nSPS) is 11.9. The molecule has 0 aliphatic carbocycles. The van der Waals surface area contributed by atoms with Gasteiger partial charge in [0.1, 0.15) is 5.52 Å². The molecule has 1 N–H and O–H groups in total. The van der Waals surface area contributed by atoms with Gasteiger partial charge in [0.15, 0.2) is 5.78 Å². The second-order valence-corrected chi connectivity index (χ2v) is 8.03. The number of carboxylic acids is 1. The van der Waals surface area contributed by atoms with E-state index in [0.717, 1.165) is 15.8 Å². The van der Waals surface area contributed by atoms with E-state index in [1.165, 1.54) is 5.56 Å². The van der Waals surface area contributed by atoms with Crippen LogP contribution in [0.2, 0.25) is 0 Å². The van der Waals surface area contributed by atoms with E-state index < -0.39 is 11.9 Å². The fourth-order valence-corrected chi connectivity index (χ4v) is 3.70. The van der Waals surface area contributed by atoms with Gasteiger partial charge in [-0.25, -0.2) is 4.68 Å². The Morgan fingerprint density at radius 1 is 0.939 bits per heavy atom. The first-order valence-corrected chi connectivity index (χ1v) is 10.7. The van der Waals surface area contributed by atoms with Crippen LogP contribution >= 0.6 is 0 Å². The van der Waals surface area contributed by atoms with Gasteiger partial charge in [-0.05, 0) is 36.6 Å². The molecule has 1 atom stereocenters. The Balaban J connectivity index is 1.44. The van der Waals surface area contributed by atoms with Gasteiger partial charge in [0, 0.05) is 18.5 Å². The molecule has 4 aromatic rings. The van der Waals surface area contributed by atoms with Crippen LogP contribution in [0.25, 0.3) is 22.0 Å². The number of carbonyl (C=O) groups excluding carboxylic acids is 1. The topological polar surface area (TPSA) is 102 Å². The van der Waals surface area contributed by atoms with E-state index in [4.69, 9.17) is 0 Å². The molecule has 0 unspecified atom stereocenters. The van der Waals surface area contributed by atoms with Crippen molar-refractivity contribution >= 4 is 22.7 Å². The van der Waals surface area contributed by atoms with Crippen LogP contribution in [0.3, 0.4) is 0 Å². The number of Topliss-reactive ketones (excluding diaryl/α,β-unsaturated/α-hetero) is 1. The third-order valence-electron chi connectivity index (χ3n) is 5.69. The van der Waals surface area contributed by atoms with Crippen molar-refractivity contribution in [3.63, 3.8) is 0 Å². The fourth-order valence-electron chi connectivity index (χ4n) is 3.70. The van der Waals surface area contributed by atoms with Crippen LogP contribution < -0.4 is 5.56 Å². The lowest BCUT2D eigenvalue weighted by Crippen LogP contribution is -2.27. The average molecular weight is 441 g/mol. The highest BCUT2D eigenvalue weighted by atomic mass is 16.4. The van der Waals surface area contributed by atoms with Crippen molar-refractivity contribution in [2.75, 3.05) is 0 Å². The number of carbonyl (C=O) groups is 2. The van der Waals surface area contributed by atoms with Crippen LogP contribution in [0.4, 0.5) is 0 Å². The summed E-state index contributed by atoms with van der Waals surface area (Å²) in [6.45, 7) is 2.08. The zero-order valence-electron chi connectivity index (χ0n) is 18.1. The number of hydrogen-bond acceptors (Lipinski definition) is 5.